The van der Waals surface area contributed by atoms with Crippen LogP contribution in [0.4, 0.5) is 0 Å². The van der Waals surface area contributed by atoms with Gasteiger partial charge in [-0.3, -0.25) is 0 Å². The number of ether oxygens (including phenoxy) is 1. The molecule has 1 aromatic heterocycles. The van der Waals surface area contributed by atoms with Crippen LogP contribution in [0.1, 0.15) is 37.2 Å². The predicted molar refractivity (Wildman–Crippen MR) is 81.2 cm³/mol. The first-order valence-corrected chi connectivity index (χ1v) is 7.29. The Hall–Kier alpha value is -1.88. The summed E-state index contributed by atoms with van der Waals surface area (Å²) in [4.78, 5) is 0. The fourth-order valence-corrected chi connectivity index (χ4v) is 2.18. The van der Waals surface area contributed by atoms with Crippen molar-refractivity contribution in [3.8, 4) is 5.75 Å². The molecular weight excluding hydrogens is 266 g/mol. The van der Waals surface area contributed by atoms with Gasteiger partial charge in [0.25, 0.3) is 0 Å². The molecule has 0 radical (unpaired) electrons. The smallest absolute Gasteiger partial charge is 0.118 e. The van der Waals surface area contributed by atoms with Gasteiger partial charge in [-0.05, 0) is 30.0 Å². The van der Waals surface area contributed by atoms with Crippen molar-refractivity contribution < 1.29 is 9.84 Å². The summed E-state index contributed by atoms with van der Waals surface area (Å²) >= 11 is 0. The lowest BCUT2D eigenvalue weighted by Crippen LogP contribution is -2.09. The van der Waals surface area contributed by atoms with Gasteiger partial charge < -0.3 is 9.84 Å². The van der Waals surface area contributed by atoms with E-state index in [1.54, 1.807) is 7.11 Å². The molecule has 0 unspecified atom stereocenters. The fraction of sp³-hybridized carbons (Fsp3) is 0.500. The second-order valence-electron chi connectivity index (χ2n) is 5.57. The zero-order chi connectivity index (χ0) is 15.2. The molecule has 0 amide bonds. The number of aliphatic hydroxyl groups excluding tert-OH is 1. The molecule has 1 heterocycles. The molecule has 0 aliphatic carbocycles. The van der Waals surface area contributed by atoms with Gasteiger partial charge >= 0.3 is 0 Å². The van der Waals surface area contributed by atoms with E-state index >= 15 is 0 Å². The minimum absolute atomic E-state index is 0.0762. The highest BCUT2D eigenvalue weighted by molar-refractivity contribution is 5.30. The first-order chi connectivity index (χ1) is 10.1. The van der Waals surface area contributed by atoms with Crippen molar-refractivity contribution in [2.45, 2.75) is 39.8 Å². The minimum Gasteiger partial charge on any atom is -0.497 e. The average molecular weight is 289 g/mol. The lowest BCUT2D eigenvalue weighted by atomic mass is 10.1. The number of aliphatic hydroxyl groups is 1. The SMILES string of the molecule is COc1ccc(Cc2c(CO)nnn2CCC(C)C)cc1. The van der Waals surface area contributed by atoms with Crippen molar-refractivity contribution in [3.05, 3.63) is 41.2 Å². The minimum atomic E-state index is -0.0762. The Labute approximate surface area is 125 Å². The van der Waals surface area contributed by atoms with Crippen LogP contribution >= 0.6 is 0 Å². The van der Waals surface area contributed by atoms with Crippen LogP contribution in [0.15, 0.2) is 24.3 Å². The molecule has 0 saturated heterocycles. The average Bonchev–Trinajstić information content (AvgIpc) is 2.88. The van der Waals surface area contributed by atoms with Crippen LogP contribution in [0.25, 0.3) is 0 Å². The molecule has 0 aliphatic rings. The zero-order valence-electron chi connectivity index (χ0n) is 12.9. The number of rotatable bonds is 7. The summed E-state index contributed by atoms with van der Waals surface area (Å²) in [7, 11) is 1.66. The summed E-state index contributed by atoms with van der Waals surface area (Å²) in [6, 6.07) is 7.94. The maximum absolute atomic E-state index is 9.43. The maximum Gasteiger partial charge on any atom is 0.118 e. The normalized spacial score (nSPS) is 11.1. The molecule has 5 nitrogen and oxygen atoms in total. The highest BCUT2D eigenvalue weighted by atomic mass is 16.5. The van der Waals surface area contributed by atoms with Crippen molar-refractivity contribution in [2.75, 3.05) is 7.11 Å². The standard InChI is InChI=1S/C16H23N3O2/c1-12(2)8-9-19-16(15(11-20)17-18-19)10-13-4-6-14(21-3)7-5-13/h4-7,12,20H,8-11H2,1-3H3. The van der Waals surface area contributed by atoms with Crippen molar-refractivity contribution in [1.82, 2.24) is 15.0 Å². The molecule has 1 N–H and O–H groups in total. The summed E-state index contributed by atoms with van der Waals surface area (Å²) in [5.41, 5.74) is 2.80. The van der Waals surface area contributed by atoms with Crippen molar-refractivity contribution >= 4 is 0 Å². The van der Waals surface area contributed by atoms with E-state index in [2.05, 4.69) is 24.2 Å². The second kappa shape index (κ2) is 7.22. The van der Waals surface area contributed by atoms with E-state index < -0.39 is 0 Å². The van der Waals surface area contributed by atoms with E-state index in [4.69, 9.17) is 4.74 Å². The quantitative estimate of drug-likeness (QED) is 0.850. The lowest BCUT2D eigenvalue weighted by molar-refractivity contribution is 0.275. The van der Waals surface area contributed by atoms with Crippen LogP contribution in [-0.2, 0) is 19.6 Å². The first kappa shape index (κ1) is 15.5. The molecule has 5 heteroatoms. The first-order valence-electron chi connectivity index (χ1n) is 7.29. The van der Waals surface area contributed by atoms with Gasteiger partial charge in [-0.2, -0.15) is 0 Å². The lowest BCUT2D eigenvalue weighted by Gasteiger charge is -2.10. The number of aromatic nitrogens is 3. The summed E-state index contributed by atoms with van der Waals surface area (Å²) < 4.78 is 7.08. The maximum atomic E-state index is 9.43. The molecule has 0 spiro atoms. The van der Waals surface area contributed by atoms with Crippen LogP contribution < -0.4 is 4.74 Å². The molecular formula is C16H23N3O2. The van der Waals surface area contributed by atoms with Crippen LogP contribution in [0.2, 0.25) is 0 Å². The van der Waals surface area contributed by atoms with Gasteiger partial charge in [0.1, 0.15) is 11.4 Å². The van der Waals surface area contributed by atoms with E-state index in [0.29, 0.717) is 18.0 Å². The van der Waals surface area contributed by atoms with Crippen molar-refractivity contribution in [3.63, 3.8) is 0 Å². The Bertz CT molecular complexity index is 561. The van der Waals surface area contributed by atoms with E-state index in [1.807, 2.05) is 28.9 Å². The third kappa shape index (κ3) is 4.04. The highest BCUT2D eigenvalue weighted by Gasteiger charge is 2.13. The van der Waals surface area contributed by atoms with Crippen LogP contribution in [0.3, 0.4) is 0 Å². The number of hydrogen-bond acceptors (Lipinski definition) is 4. The van der Waals surface area contributed by atoms with E-state index in [1.165, 1.54) is 0 Å². The summed E-state index contributed by atoms with van der Waals surface area (Å²) in [6.45, 7) is 5.13. The second-order valence-corrected chi connectivity index (χ2v) is 5.57. The van der Waals surface area contributed by atoms with Gasteiger partial charge in [-0.25, -0.2) is 4.68 Å². The molecule has 0 bridgehead atoms. The Kier molecular flexibility index (Phi) is 5.33. The van der Waals surface area contributed by atoms with Crippen molar-refractivity contribution in [1.29, 1.82) is 0 Å². The van der Waals surface area contributed by atoms with E-state index in [0.717, 1.165) is 30.0 Å². The molecule has 1 aromatic carbocycles. The topological polar surface area (TPSA) is 60.2 Å². The van der Waals surface area contributed by atoms with Crippen LogP contribution in [0.5, 0.6) is 5.75 Å². The molecule has 114 valence electrons. The van der Waals surface area contributed by atoms with E-state index in [-0.39, 0.29) is 6.61 Å². The molecule has 0 atom stereocenters. The van der Waals surface area contributed by atoms with Gasteiger partial charge in [0.2, 0.25) is 0 Å². The molecule has 2 rings (SSSR count). The van der Waals surface area contributed by atoms with Gasteiger partial charge in [0.05, 0.1) is 19.4 Å². The molecule has 0 aliphatic heterocycles. The number of aryl methyl sites for hydroxylation is 1. The van der Waals surface area contributed by atoms with Gasteiger partial charge in [-0.1, -0.05) is 31.2 Å². The Morgan fingerprint density at radius 3 is 2.52 bits per heavy atom. The molecule has 2 aromatic rings. The largest absolute Gasteiger partial charge is 0.497 e. The van der Waals surface area contributed by atoms with Crippen molar-refractivity contribution in [2.24, 2.45) is 5.92 Å². The van der Waals surface area contributed by atoms with E-state index in [9.17, 15) is 5.11 Å². The number of hydrogen-bond donors (Lipinski definition) is 1. The van der Waals surface area contributed by atoms with Crippen LogP contribution in [0, 0.1) is 5.92 Å². The third-order valence-electron chi connectivity index (χ3n) is 3.52. The number of benzene rings is 1. The highest BCUT2D eigenvalue weighted by Crippen LogP contribution is 2.17. The molecule has 0 fully saturated rings. The Morgan fingerprint density at radius 1 is 1.24 bits per heavy atom. The fourth-order valence-electron chi connectivity index (χ4n) is 2.18. The summed E-state index contributed by atoms with van der Waals surface area (Å²) in [5.74, 6) is 1.45. The Morgan fingerprint density at radius 2 is 1.95 bits per heavy atom. The number of methoxy groups -OCH3 is 1. The van der Waals surface area contributed by atoms with Gasteiger partial charge in [0.15, 0.2) is 0 Å². The zero-order valence-corrected chi connectivity index (χ0v) is 12.9. The summed E-state index contributed by atoms with van der Waals surface area (Å²) in [5, 5.41) is 17.7. The molecule has 0 saturated carbocycles. The van der Waals surface area contributed by atoms with Crippen LogP contribution in [-0.4, -0.2) is 27.2 Å². The predicted octanol–water partition coefficient (Wildman–Crippen LogP) is 2.42. The molecule has 21 heavy (non-hydrogen) atoms. The van der Waals surface area contributed by atoms with Gasteiger partial charge in [0, 0.05) is 13.0 Å². The Balaban J connectivity index is 2.17. The third-order valence-corrected chi connectivity index (χ3v) is 3.52. The number of nitrogens with zero attached hydrogens (tertiary/aromatic N) is 3. The van der Waals surface area contributed by atoms with Gasteiger partial charge in [-0.15, -0.1) is 5.10 Å². The summed E-state index contributed by atoms with van der Waals surface area (Å²) in [6.07, 6.45) is 1.76. The monoisotopic (exact) mass is 289 g/mol.